The molecule has 1 atom stereocenters. The molecule has 0 bridgehead atoms. The van der Waals surface area contributed by atoms with Gasteiger partial charge in [0.05, 0.1) is 13.7 Å². The lowest BCUT2D eigenvalue weighted by atomic mass is 10.2. The molecule has 2 aromatic rings. The quantitative estimate of drug-likeness (QED) is 0.319. The lowest BCUT2D eigenvalue weighted by Crippen LogP contribution is -2.21. The van der Waals surface area contributed by atoms with Gasteiger partial charge in [-0.1, -0.05) is 15.9 Å². The first-order chi connectivity index (χ1) is 13.4. The van der Waals surface area contributed by atoms with Crippen molar-refractivity contribution in [3.05, 3.63) is 46.9 Å². The van der Waals surface area contributed by atoms with E-state index in [4.69, 9.17) is 10.5 Å². The van der Waals surface area contributed by atoms with E-state index in [2.05, 4.69) is 20.7 Å². The first-order valence-corrected chi connectivity index (χ1v) is 10.8. The van der Waals surface area contributed by atoms with Crippen molar-refractivity contribution < 1.29 is 18.5 Å². The van der Waals surface area contributed by atoms with Crippen molar-refractivity contribution in [2.24, 2.45) is 0 Å². The minimum absolute atomic E-state index is 0.201. The Morgan fingerprint density at radius 2 is 1.86 bits per heavy atom. The van der Waals surface area contributed by atoms with Crippen molar-refractivity contribution in [1.82, 2.24) is 0 Å². The molecular weight excluding hydrogens is 444 g/mol. The van der Waals surface area contributed by atoms with E-state index in [1.165, 1.54) is 7.11 Å². The van der Waals surface area contributed by atoms with Crippen LogP contribution in [0.3, 0.4) is 0 Å². The summed E-state index contributed by atoms with van der Waals surface area (Å²) >= 11 is 3.40. The molecule has 152 valence electrons. The monoisotopic (exact) mass is 468 g/mol. The van der Waals surface area contributed by atoms with Crippen LogP contribution in [0.15, 0.2) is 51.8 Å². The zero-order chi connectivity index (χ0) is 20.5. The smallest absolute Gasteiger partial charge is 0.305 e. The van der Waals surface area contributed by atoms with Gasteiger partial charge in [-0.25, -0.2) is 4.21 Å². The maximum absolute atomic E-state index is 13.1. The molecule has 2 rings (SSSR count). The summed E-state index contributed by atoms with van der Waals surface area (Å²) in [6.07, 6.45) is 2.80. The molecule has 0 aliphatic rings. The summed E-state index contributed by atoms with van der Waals surface area (Å²) in [6, 6.07) is 12.7. The van der Waals surface area contributed by atoms with E-state index in [1.807, 2.05) is 24.3 Å². The van der Waals surface area contributed by atoms with Crippen molar-refractivity contribution in [3.63, 3.8) is 0 Å². The molecule has 0 aliphatic carbocycles. The van der Waals surface area contributed by atoms with Crippen LogP contribution in [-0.2, 0) is 20.5 Å². The van der Waals surface area contributed by atoms with Crippen LogP contribution in [0.5, 0.6) is 5.75 Å². The van der Waals surface area contributed by atoms with Crippen LogP contribution < -0.4 is 14.8 Å². The minimum Gasteiger partial charge on any atom is -0.492 e. The molecule has 2 aromatic carbocycles. The average Bonchev–Trinajstić information content (AvgIpc) is 2.70. The maximum atomic E-state index is 13.1. The molecule has 0 aliphatic heterocycles. The van der Waals surface area contributed by atoms with Gasteiger partial charge < -0.3 is 15.2 Å². The van der Waals surface area contributed by atoms with Crippen LogP contribution in [0.2, 0.25) is 0 Å². The molecule has 0 amide bonds. The lowest BCUT2D eigenvalue weighted by Gasteiger charge is -2.20. The first-order valence-electron chi connectivity index (χ1n) is 8.92. The Kier molecular flexibility index (Phi) is 8.79. The Morgan fingerprint density at radius 3 is 2.54 bits per heavy atom. The molecule has 0 fully saturated rings. The molecule has 6 nitrogen and oxygen atoms in total. The number of methoxy groups -OCH3 is 1. The fourth-order valence-electron chi connectivity index (χ4n) is 2.51. The van der Waals surface area contributed by atoms with E-state index in [9.17, 15) is 9.00 Å². The highest BCUT2D eigenvalue weighted by molar-refractivity contribution is 9.10. The second-order valence-electron chi connectivity index (χ2n) is 6.16. The minimum atomic E-state index is -1.47. The summed E-state index contributed by atoms with van der Waals surface area (Å²) in [5.74, 6) is 0.345. The number of halogens is 1. The van der Waals surface area contributed by atoms with Gasteiger partial charge in [0, 0.05) is 29.3 Å². The van der Waals surface area contributed by atoms with Gasteiger partial charge in [0.2, 0.25) is 0 Å². The van der Waals surface area contributed by atoms with Gasteiger partial charge >= 0.3 is 5.97 Å². The number of nitrogen functional groups attached to an aromatic ring is 1. The third-order valence-corrected chi connectivity index (χ3v) is 6.04. The molecule has 0 radical (unpaired) electrons. The van der Waals surface area contributed by atoms with Gasteiger partial charge in [0.1, 0.15) is 10.6 Å². The number of benzene rings is 2. The first kappa shape index (κ1) is 22.2. The van der Waals surface area contributed by atoms with E-state index in [0.717, 1.165) is 29.4 Å². The SMILES string of the molecule is COC(=O)CCCCCOc1ccc(N)cc1S(=O)N(C)c1ccc(Br)cc1. The number of unbranched alkanes of at least 4 members (excludes halogenated alkanes) is 2. The third kappa shape index (κ3) is 6.53. The molecule has 0 saturated heterocycles. The number of ether oxygens (including phenoxy) is 2. The molecule has 1 unspecified atom stereocenters. The zero-order valence-electron chi connectivity index (χ0n) is 16.0. The number of rotatable bonds is 10. The largest absolute Gasteiger partial charge is 0.492 e. The van der Waals surface area contributed by atoms with Crippen molar-refractivity contribution in [2.75, 3.05) is 30.8 Å². The average molecular weight is 469 g/mol. The summed E-state index contributed by atoms with van der Waals surface area (Å²) in [6.45, 7) is 0.470. The van der Waals surface area contributed by atoms with Crippen molar-refractivity contribution in [2.45, 2.75) is 30.6 Å². The number of esters is 1. The fourth-order valence-corrected chi connectivity index (χ4v) is 3.92. The van der Waals surface area contributed by atoms with Gasteiger partial charge in [0.25, 0.3) is 0 Å². The van der Waals surface area contributed by atoms with E-state index in [0.29, 0.717) is 29.4 Å². The molecule has 28 heavy (non-hydrogen) atoms. The summed E-state index contributed by atoms with van der Waals surface area (Å²) < 4.78 is 26.2. The van der Waals surface area contributed by atoms with Crippen molar-refractivity contribution >= 4 is 44.3 Å². The van der Waals surface area contributed by atoms with E-state index in [-0.39, 0.29) is 5.97 Å². The predicted octanol–water partition coefficient (Wildman–Crippen LogP) is 4.30. The Hall–Kier alpha value is -2.06. The Labute approximate surface area is 176 Å². The molecule has 8 heteroatoms. The second-order valence-corrected chi connectivity index (χ2v) is 8.57. The topological polar surface area (TPSA) is 81.9 Å². The summed E-state index contributed by atoms with van der Waals surface area (Å²) in [7, 11) is 1.68. The van der Waals surface area contributed by atoms with Crippen LogP contribution in [-0.4, -0.2) is 30.9 Å². The van der Waals surface area contributed by atoms with Crippen LogP contribution in [0.4, 0.5) is 11.4 Å². The predicted molar refractivity (Wildman–Crippen MR) is 116 cm³/mol. The van der Waals surface area contributed by atoms with Crippen LogP contribution >= 0.6 is 15.9 Å². The lowest BCUT2D eigenvalue weighted by molar-refractivity contribution is -0.140. The number of carbonyl (C=O) groups is 1. The van der Waals surface area contributed by atoms with Crippen LogP contribution in [0.1, 0.15) is 25.7 Å². The molecule has 0 aromatic heterocycles. The summed E-state index contributed by atoms with van der Waals surface area (Å²) in [4.78, 5) is 11.6. The van der Waals surface area contributed by atoms with E-state index < -0.39 is 11.0 Å². The maximum Gasteiger partial charge on any atom is 0.305 e. The molecular formula is C20H25BrN2O4S. The third-order valence-electron chi connectivity index (χ3n) is 4.11. The second kappa shape index (κ2) is 11.1. The van der Waals surface area contributed by atoms with Gasteiger partial charge in [-0.3, -0.25) is 9.10 Å². The van der Waals surface area contributed by atoms with Gasteiger partial charge in [0.15, 0.2) is 11.0 Å². The normalized spacial score (nSPS) is 11.7. The van der Waals surface area contributed by atoms with E-state index >= 15 is 0 Å². The van der Waals surface area contributed by atoms with E-state index in [1.54, 1.807) is 29.6 Å². The van der Waals surface area contributed by atoms with Crippen LogP contribution in [0, 0.1) is 0 Å². The fraction of sp³-hybridized carbons (Fsp3) is 0.350. The molecule has 0 heterocycles. The molecule has 2 N–H and O–H groups in total. The highest BCUT2D eigenvalue weighted by Gasteiger charge is 2.17. The Balaban J connectivity index is 2.00. The number of anilines is 2. The van der Waals surface area contributed by atoms with Gasteiger partial charge in [-0.15, -0.1) is 0 Å². The van der Waals surface area contributed by atoms with Gasteiger partial charge in [-0.05, 0) is 61.7 Å². The van der Waals surface area contributed by atoms with Crippen LogP contribution in [0.25, 0.3) is 0 Å². The van der Waals surface area contributed by atoms with Gasteiger partial charge in [-0.2, -0.15) is 0 Å². The highest BCUT2D eigenvalue weighted by atomic mass is 79.9. The number of nitrogens with two attached hydrogens (primary N) is 1. The number of carbonyl (C=O) groups excluding carboxylic acids is 1. The summed E-state index contributed by atoms with van der Waals surface area (Å²) in [5.41, 5.74) is 7.24. The number of hydrogen-bond acceptors (Lipinski definition) is 5. The standard InChI is InChI=1S/C20H25BrN2O4S/c1-23(17-10-7-15(21)8-11-17)28(25)19-14-16(22)9-12-18(19)27-13-5-3-4-6-20(24)26-2/h7-12,14H,3-6,13,22H2,1-2H3. The Bertz CT molecular complexity index is 814. The molecule has 0 spiro atoms. The number of hydrogen-bond donors (Lipinski definition) is 1. The zero-order valence-corrected chi connectivity index (χ0v) is 18.4. The highest BCUT2D eigenvalue weighted by Crippen LogP contribution is 2.29. The van der Waals surface area contributed by atoms with Crippen molar-refractivity contribution in [3.8, 4) is 5.75 Å². The summed E-state index contributed by atoms with van der Waals surface area (Å²) in [5, 5.41) is 0. The number of nitrogens with zero attached hydrogens (tertiary/aromatic N) is 1. The van der Waals surface area contributed by atoms with Crippen molar-refractivity contribution in [1.29, 1.82) is 0 Å². The Morgan fingerprint density at radius 1 is 1.14 bits per heavy atom. The molecule has 0 saturated carbocycles.